The smallest absolute Gasteiger partial charge is 0.241 e. The molecule has 1 amide bonds. The average molecular weight is 525 g/mol. The molecule has 3 atom stereocenters. The van der Waals surface area contributed by atoms with Crippen LogP contribution >= 0.6 is 23.2 Å². The summed E-state index contributed by atoms with van der Waals surface area (Å²) in [5.41, 5.74) is 6.93. The molecule has 4 rings (SSSR count). The number of nitrogen functional groups attached to an aromatic ring is 1. The van der Waals surface area contributed by atoms with Gasteiger partial charge in [0, 0.05) is 13.1 Å². The Balaban J connectivity index is 1.55. The van der Waals surface area contributed by atoms with Gasteiger partial charge in [0.15, 0.2) is 0 Å². The van der Waals surface area contributed by atoms with Crippen molar-refractivity contribution < 1.29 is 13.2 Å². The number of nitrogens with zero attached hydrogens (tertiary/aromatic N) is 1. The predicted molar refractivity (Wildman–Crippen MR) is 136 cm³/mol. The van der Waals surface area contributed by atoms with Crippen LogP contribution < -0.4 is 10.5 Å². The number of likely N-dealkylation sites (tertiary alicyclic amines) is 1. The molecule has 1 aliphatic heterocycles. The van der Waals surface area contributed by atoms with Crippen molar-refractivity contribution in [3.63, 3.8) is 0 Å². The first-order valence-corrected chi connectivity index (χ1v) is 14.1. The van der Waals surface area contributed by atoms with Crippen molar-refractivity contribution in [1.82, 2.24) is 9.62 Å². The first kappa shape index (κ1) is 25.3. The maximum atomic E-state index is 13.6. The first-order chi connectivity index (χ1) is 16.2. The molecule has 1 aliphatic carbocycles. The molecule has 0 radical (unpaired) electrons. The van der Waals surface area contributed by atoms with Crippen molar-refractivity contribution in [3.8, 4) is 0 Å². The van der Waals surface area contributed by atoms with Gasteiger partial charge in [-0.3, -0.25) is 4.79 Å². The van der Waals surface area contributed by atoms with Crippen LogP contribution in [0.5, 0.6) is 0 Å². The molecule has 9 heteroatoms. The summed E-state index contributed by atoms with van der Waals surface area (Å²) in [6, 6.07) is 11.4. The van der Waals surface area contributed by atoms with Crippen molar-refractivity contribution in [2.24, 2.45) is 11.8 Å². The third-order valence-electron chi connectivity index (χ3n) is 7.13. The predicted octanol–water partition coefficient (Wildman–Crippen LogP) is 4.89. The number of anilines is 1. The van der Waals surface area contributed by atoms with Gasteiger partial charge in [-0.2, -0.15) is 4.72 Å². The molecule has 1 heterocycles. The average Bonchev–Trinajstić information content (AvgIpc) is 2.84. The Morgan fingerprint density at radius 3 is 2.38 bits per heavy atom. The number of carbonyl (C=O) groups excluding carboxylic acids is 1. The number of carbonyl (C=O) groups is 1. The van der Waals surface area contributed by atoms with Gasteiger partial charge in [-0.1, -0.05) is 72.8 Å². The molecular formula is C25H31Cl2N3O3S. The van der Waals surface area contributed by atoms with Crippen LogP contribution in [0.2, 0.25) is 10.0 Å². The highest BCUT2D eigenvalue weighted by atomic mass is 35.5. The number of amides is 1. The van der Waals surface area contributed by atoms with E-state index in [1.54, 1.807) is 0 Å². The third-order valence-corrected chi connectivity index (χ3v) is 9.20. The van der Waals surface area contributed by atoms with E-state index in [4.69, 9.17) is 28.9 Å². The Kier molecular flexibility index (Phi) is 8.08. The van der Waals surface area contributed by atoms with Crippen LogP contribution in [-0.4, -0.2) is 38.4 Å². The molecule has 0 bridgehead atoms. The Hall–Kier alpha value is -1.80. The van der Waals surface area contributed by atoms with E-state index in [9.17, 15) is 13.2 Å². The molecule has 34 heavy (non-hydrogen) atoms. The quantitative estimate of drug-likeness (QED) is 0.505. The van der Waals surface area contributed by atoms with Crippen LogP contribution in [0, 0.1) is 11.8 Å². The minimum absolute atomic E-state index is 0.0550. The SMILES string of the molecule is Nc1c(Cl)cc(S(=O)(=O)N[C@H](CCc2ccccc2)C(=O)N2CCC3CCCC[C@@H]3C2)cc1Cl. The Morgan fingerprint density at radius 1 is 1.06 bits per heavy atom. The van der Waals surface area contributed by atoms with E-state index in [1.807, 2.05) is 35.2 Å². The maximum absolute atomic E-state index is 13.6. The van der Waals surface area contributed by atoms with Gasteiger partial charge in [-0.15, -0.1) is 0 Å². The van der Waals surface area contributed by atoms with Crippen LogP contribution in [0.1, 0.15) is 44.1 Å². The van der Waals surface area contributed by atoms with Gasteiger partial charge in [0.25, 0.3) is 0 Å². The molecule has 0 spiro atoms. The van der Waals surface area contributed by atoms with Crippen molar-refractivity contribution in [2.75, 3.05) is 18.8 Å². The zero-order valence-corrected chi connectivity index (χ0v) is 21.4. The number of nitrogens with one attached hydrogen (secondary N) is 1. The number of aryl methyl sites for hydroxylation is 1. The highest BCUT2D eigenvalue weighted by molar-refractivity contribution is 7.89. The molecule has 2 fully saturated rings. The van der Waals surface area contributed by atoms with Gasteiger partial charge < -0.3 is 10.6 Å². The first-order valence-electron chi connectivity index (χ1n) is 11.8. The summed E-state index contributed by atoms with van der Waals surface area (Å²) >= 11 is 12.2. The fourth-order valence-corrected chi connectivity index (χ4v) is 7.07. The second-order valence-electron chi connectivity index (χ2n) is 9.38. The van der Waals surface area contributed by atoms with Crippen molar-refractivity contribution >= 4 is 44.8 Å². The lowest BCUT2D eigenvalue weighted by molar-refractivity contribution is -0.136. The second kappa shape index (κ2) is 10.9. The summed E-state index contributed by atoms with van der Waals surface area (Å²) < 4.78 is 29.1. The van der Waals surface area contributed by atoms with E-state index < -0.39 is 16.1 Å². The van der Waals surface area contributed by atoms with Crippen molar-refractivity contribution in [2.45, 2.75) is 55.9 Å². The molecule has 1 saturated heterocycles. The summed E-state index contributed by atoms with van der Waals surface area (Å²) in [5.74, 6) is 1.01. The molecule has 3 N–H and O–H groups in total. The van der Waals surface area contributed by atoms with Gasteiger partial charge in [-0.25, -0.2) is 8.42 Å². The van der Waals surface area contributed by atoms with Crippen molar-refractivity contribution in [3.05, 3.63) is 58.1 Å². The maximum Gasteiger partial charge on any atom is 0.241 e. The standard InChI is InChI=1S/C25H31Cl2N3O3S/c26-21-14-20(15-22(27)24(21)28)34(32,33)29-23(11-10-17-6-2-1-3-7-17)25(31)30-13-12-18-8-4-5-9-19(18)16-30/h1-3,6-7,14-15,18-19,23,29H,4-5,8-13,16,28H2/t18?,19-,23-/m1/s1. The lowest BCUT2D eigenvalue weighted by atomic mass is 9.75. The highest BCUT2D eigenvalue weighted by Crippen LogP contribution is 2.36. The van der Waals surface area contributed by atoms with Crippen LogP contribution in [0.25, 0.3) is 0 Å². The molecule has 2 aromatic rings. The summed E-state index contributed by atoms with van der Waals surface area (Å²) in [4.78, 5) is 15.4. The van der Waals surface area contributed by atoms with E-state index in [0.717, 1.165) is 18.4 Å². The summed E-state index contributed by atoms with van der Waals surface area (Å²) in [6.07, 6.45) is 6.74. The summed E-state index contributed by atoms with van der Waals surface area (Å²) in [6.45, 7) is 1.37. The number of rotatable bonds is 7. The molecule has 6 nitrogen and oxygen atoms in total. The van der Waals surface area contributed by atoms with Crippen LogP contribution in [0.4, 0.5) is 5.69 Å². The molecule has 2 aliphatic rings. The number of hydrogen-bond donors (Lipinski definition) is 2. The minimum atomic E-state index is -4.05. The zero-order chi connectivity index (χ0) is 24.3. The Bertz CT molecular complexity index is 1100. The molecule has 0 aromatic heterocycles. The van der Waals surface area contributed by atoms with E-state index in [0.29, 0.717) is 37.8 Å². The monoisotopic (exact) mass is 523 g/mol. The number of nitrogens with two attached hydrogens (primary N) is 1. The third kappa shape index (κ3) is 5.88. The molecule has 184 valence electrons. The van der Waals surface area contributed by atoms with Gasteiger partial charge >= 0.3 is 0 Å². The van der Waals surface area contributed by atoms with Crippen LogP contribution in [0.3, 0.4) is 0 Å². The number of piperidine rings is 1. The zero-order valence-electron chi connectivity index (χ0n) is 19.1. The fourth-order valence-electron chi connectivity index (χ4n) is 5.18. The number of hydrogen-bond acceptors (Lipinski definition) is 4. The van der Waals surface area contributed by atoms with Gasteiger partial charge in [0.05, 0.1) is 20.6 Å². The topological polar surface area (TPSA) is 92.5 Å². The molecular weight excluding hydrogens is 493 g/mol. The second-order valence-corrected chi connectivity index (χ2v) is 11.9. The van der Waals surface area contributed by atoms with E-state index in [2.05, 4.69) is 4.72 Å². The van der Waals surface area contributed by atoms with Gasteiger partial charge in [0.1, 0.15) is 6.04 Å². The van der Waals surface area contributed by atoms with Gasteiger partial charge in [0.2, 0.25) is 15.9 Å². The molecule has 1 unspecified atom stereocenters. The fraction of sp³-hybridized carbons (Fsp3) is 0.480. The van der Waals surface area contributed by atoms with E-state index in [1.165, 1.54) is 31.4 Å². The number of fused-ring (bicyclic) bond motifs is 1. The Morgan fingerprint density at radius 2 is 1.71 bits per heavy atom. The highest BCUT2D eigenvalue weighted by Gasteiger charge is 2.36. The number of halogens is 2. The summed E-state index contributed by atoms with van der Waals surface area (Å²) in [5, 5.41) is 0.110. The van der Waals surface area contributed by atoms with Crippen LogP contribution in [-0.2, 0) is 21.2 Å². The number of benzene rings is 2. The van der Waals surface area contributed by atoms with Crippen molar-refractivity contribution in [1.29, 1.82) is 0 Å². The largest absolute Gasteiger partial charge is 0.396 e. The Labute approximate surface area is 211 Å². The van der Waals surface area contributed by atoms with Gasteiger partial charge in [-0.05, 0) is 55.2 Å². The van der Waals surface area contributed by atoms with Crippen LogP contribution in [0.15, 0.2) is 47.4 Å². The summed E-state index contributed by atoms with van der Waals surface area (Å²) in [7, 11) is -4.05. The van der Waals surface area contributed by atoms with E-state index >= 15 is 0 Å². The lowest BCUT2D eigenvalue weighted by Gasteiger charge is -2.42. The molecule has 2 aromatic carbocycles. The minimum Gasteiger partial charge on any atom is -0.396 e. The molecule has 1 saturated carbocycles. The normalized spacial score (nSPS) is 21.6. The van der Waals surface area contributed by atoms with E-state index in [-0.39, 0.29) is 26.5 Å². The number of sulfonamides is 1. The lowest BCUT2D eigenvalue weighted by Crippen LogP contribution is -2.53.